The molecular formula is C14H12SSe2. The van der Waals surface area contributed by atoms with Crippen LogP contribution in [0.15, 0.2) is 51.9 Å². The predicted octanol–water partition coefficient (Wildman–Crippen LogP) is 3.58. The minimum atomic E-state index is 0.550. The van der Waals surface area contributed by atoms with Gasteiger partial charge < -0.3 is 0 Å². The van der Waals surface area contributed by atoms with E-state index in [1.165, 1.54) is 10.5 Å². The number of hydrogen-bond donors (Lipinski definition) is 0. The van der Waals surface area contributed by atoms with Crippen molar-refractivity contribution in [3.8, 4) is 0 Å². The molecule has 2 aromatic rings. The van der Waals surface area contributed by atoms with Gasteiger partial charge in [0, 0.05) is 0 Å². The molecular weight excluding hydrogens is 358 g/mol. The van der Waals surface area contributed by atoms with Gasteiger partial charge in [0.15, 0.2) is 0 Å². The molecule has 3 rings (SSSR count). The summed E-state index contributed by atoms with van der Waals surface area (Å²) in [5.41, 5.74) is 1.41. The zero-order chi connectivity index (χ0) is 11.7. The average molecular weight is 370 g/mol. The normalized spacial score (nSPS) is 19.9. The van der Waals surface area contributed by atoms with Crippen molar-refractivity contribution in [2.45, 2.75) is 12.2 Å². The molecule has 86 valence electrons. The van der Waals surface area contributed by atoms with E-state index in [-0.39, 0.29) is 0 Å². The second kappa shape index (κ2) is 5.22. The van der Waals surface area contributed by atoms with E-state index >= 15 is 0 Å². The number of thioether (sulfide) groups is 1. The van der Waals surface area contributed by atoms with Gasteiger partial charge >= 0.3 is 119 Å². The van der Waals surface area contributed by atoms with Crippen molar-refractivity contribution in [1.82, 2.24) is 0 Å². The summed E-state index contributed by atoms with van der Waals surface area (Å²) in [4.78, 5) is 6.10. The summed E-state index contributed by atoms with van der Waals surface area (Å²) in [7, 11) is 0. The fraction of sp³-hybridized carbons (Fsp3) is 0.143. The van der Waals surface area contributed by atoms with Crippen LogP contribution in [0, 0.1) is 0 Å². The third kappa shape index (κ3) is 2.65. The first kappa shape index (κ1) is 11.9. The SMILES string of the molecule is CC1=CC(c2ccc[se]2)SC(c2ccc[se]2)=C1. The van der Waals surface area contributed by atoms with E-state index in [1.807, 2.05) is 11.8 Å². The minimum absolute atomic E-state index is 0.550. The summed E-state index contributed by atoms with van der Waals surface area (Å²) < 4.78 is 3.14. The third-order valence-corrected chi connectivity index (χ3v) is 8.38. The van der Waals surface area contributed by atoms with Crippen LogP contribution < -0.4 is 0 Å². The summed E-state index contributed by atoms with van der Waals surface area (Å²) in [6, 6.07) is 8.98. The van der Waals surface area contributed by atoms with Gasteiger partial charge in [0.1, 0.15) is 0 Å². The molecule has 17 heavy (non-hydrogen) atoms. The molecule has 1 aliphatic heterocycles. The van der Waals surface area contributed by atoms with Gasteiger partial charge in [-0.1, -0.05) is 0 Å². The zero-order valence-corrected chi connectivity index (χ0v) is 13.7. The maximum absolute atomic E-state index is 2.41. The molecule has 0 bridgehead atoms. The predicted molar refractivity (Wildman–Crippen MR) is 78.8 cm³/mol. The van der Waals surface area contributed by atoms with Gasteiger partial charge in [-0.15, -0.1) is 0 Å². The topological polar surface area (TPSA) is 0 Å². The first-order valence-electron chi connectivity index (χ1n) is 5.47. The Kier molecular flexibility index (Phi) is 3.65. The fourth-order valence-corrected chi connectivity index (χ4v) is 6.92. The Labute approximate surface area is 118 Å². The molecule has 1 atom stereocenters. The van der Waals surface area contributed by atoms with Crippen LogP contribution >= 0.6 is 11.8 Å². The van der Waals surface area contributed by atoms with Crippen molar-refractivity contribution < 1.29 is 0 Å². The van der Waals surface area contributed by atoms with E-state index in [2.05, 4.69) is 53.2 Å². The molecule has 1 unspecified atom stereocenters. The van der Waals surface area contributed by atoms with Crippen LogP contribution in [0.25, 0.3) is 4.91 Å². The molecule has 1 aliphatic rings. The van der Waals surface area contributed by atoms with Crippen LogP contribution in [0.3, 0.4) is 0 Å². The van der Waals surface area contributed by atoms with Crippen LogP contribution in [-0.4, -0.2) is 29.0 Å². The Morgan fingerprint density at radius 3 is 2.65 bits per heavy atom. The summed E-state index contributed by atoms with van der Waals surface area (Å²) >= 11 is 3.15. The Morgan fingerprint density at radius 2 is 1.94 bits per heavy atom. The second-order valence-corrected chi connectivity index (χ2v) is 9.18. The van der Waals surface area contributed by atoms with Crippen LogP contribution in [0.5, 0.6) is 0 Å². The van der Waals surface area contributed by atoms with Crippen LogP contribution in [-0.2, 0) is 0 Å². The van der Waals surface area contributed by atoms with Gasteiger partial charge in [-0.25, -0.2) is 0 Å². The molecule has 3 heteroatoms. The molecule has 0 spiro atoms. The first-order chi connectivity index (χ1) is 8.33. The maximum atomic E-state index is 2.41. The molecule has 2 aromatic heterocycles. The van der Waals surface area contributed by atoms with Gasteiger partial charge in [-0.2, -0.15) is 0 Å². The van der Waals surface area contributed by atoms with E-state index in [1.54, 1.807) is 8.87 Å². The van der Waals surface area contributed by atoms with E-state index < -0.39 is 0 Å². The Hall–Kier alpha value is -0.171. The standard InChI is InChI=1S/C14H12SSe2/c1-10-8-11(13-4-2-6-16-13)15-12(9-10)14-5-3-7-17-14/h2-9,11H,1H3. The van der Waals surface area contributed by atoms with E-state index in [9.17, 15) is 0 Å². The van der Waals surface area contributed by atoms with Crippen LogP contribution in [0.4, 0.5) is 0 Å². The summed E-state index contributed by atoms with van der Waals surface area (Å²) in [5.74, 6) is 0. The van der Waals surface area contributed by atoms with Crippen LogP contribution in [0.2, 0.25) is 0 Å². The molecule has 0 fully saturated rings. The van der Waals surface area contributed by atoms with Gasteiger partial charge in [0.05, 0.1) is 0 Å². The quantitative estimate of drug-likeness (QED) is 0.729. The third-order valence-electron chi connectivity index (χ3n) is 2.61. The Bertz CT molecular complexity index is 547. The van der Waals surface area contributed by atoms with Crippen molar-refractivity contribution in [3.05, 3.63) is 60.7 Å². The summed E-state index contributed by atoms with van der Waals surface area (Å²) in [6.45, 7) is 2.22. The van der Waals surface area contributed by atoms with Gasteiger partial charge in [-0.3, -0.25) is 0 Å². The van der Waals surface area contributed by atoms with E-state index in [0.29, 0.717) is 34.3 Å². The Balaban J connectivity index is 1.92. The molecule has 0 radical (unpaired) electrons. The van der Waals surface area contributed by atoms with Gasteiger partial charge in [0.25, 0.3) is 0 Å². The van der Waals surface area contributed by atoms with Crippen molar-refractivity contribution in [2.24, 2.45) is 0 Å². The molecule has 0 amide bonds. The molecule has 0 aliphatic carbocycles. The Morgan fingerprint density at radius 1 is 1.12 bits per heavy atom. The molecule has 0 aromatic carbocycles. The van der Waals surface area contributed by atoms with Gasteiger partial charge in [0.2, 0.25) is 0 Å². The van der Waals surface area contributed by atoms with Crippen LogP contribution in [0.1, 0.15) is 21.0 Å². The molecule has 3 heterocycles. The zero-order valence-electron chi connectivity index (χ0n) is 9.42. The van der Waals surface area contributed by atoms with Crippen molar-refractivity contribution in [3.63, 3.8) is 0 Å². The monoisotopic (exact) mass is 372 g/mol. The molecule has 0 N–H and O–H groups in total. The number of rotatable bonds is 2. The average Bonchev–Trinajstić information content (AvgIpc) is 3.02. The number of allylic oxidation sites excluding steroid dienone is 2. The molecule has 0 saturated heterocycles. The van der Waals surface area contributed by atoms with Crippen molar-refractivity contribution in [2.75, 3.05) is 0 Å². The first-order valence-corrected chi connectivity index (χ1v) is 10.0. The summed E-state index contributed by atoms with van der Waals surface area (Å²) in [6.07, 6.45) is 4.75. The van der Waals surface area contributed by atoms with Gasteiger partial charge in [-0.05, 0) is 0 Å². The number of hydrogen-bond acceptors (Lipinski definition) is 1. The molecule has 0 nitrogen and oxygen atoms in total. The molecule has 0 saturated carbocycles. The van der Waals surface area contributed by atoms with E-state index in [0.717, 1.165) is 0 Å². The second-order valence-electron chi connectivity index (χ2n) is 3.95. The van der Waals surface area contributed by atoms with Crippen molar-refractivity contribution in [1.29, 1.82) is 0 Å². The fourth-order valence-electron chi connectivity index (χ4n) is 1.84. The van der Waals surface area contributed by atoms with Crippen molar-refractivity contribution >= 4 is 45.7 Å². The van der Waals surface area contributed by atoms with E-state index in [4.69, 9.17) is 0 Å². The summed E-state index contributed by atoms with van der Waals surface area (Å²) in [5, 5.41) is 0.572.